The predicted octanol–water partition coefficient (Wildman–Crippen LogP) is 1.86. The molecule has 1 aromatic rings. The van der Waals surface area contributed by atoms with E-state index in [1.54, 1.807) is 0 Å². The molecule has 108 valence electrons. The summed E-state index contributed by atoms with van der Waals surface area (Å²) in [7, 11) is 0. The second kappa shape index (κ2) is 5.19. The quantitative estimate of drug-likeness (QED) is 0.903. The lowest BCUT2D eigenvalue weighted by Crippen LogP contribution is -2.26. The summed E-state index contributed by atoms with van der Waals surface area (Å²) < 4.78 is 11.0. The maximum atomic E-state index is 6.22. The molecule has 1 aromatic carbocycles. The van der Waals surface area contributed by atoms with E-state index in [1.807, 2.05) is 12.1 Å². The summed E-state index contributed by atoms with van der Waals surface area (Å²) in [6.45, 7) is 6.55. The molecular weight excluding hydrogens is 276 g/mol. The van der Waals surface area contributed by atoms with Crippen LogP contribution in [-0.4, -0.2) is 37.9 Å². The van der Waals surface area contributed by atoms with Crippen LogP contribution in [0.1, 0.15) is 11.1 Å². The Morgan fingerprint density at radius 1 is 1.25 bits per heavy atom. The van der Waals surface area contributed by atoms with E-state index in [0.29, 0.717) is 13.4 Å². The molecule has 3 heterocycles. The smallest absolute Gasteiger partial charge is 0.189 e. The van der Waals surface area contributed by atoms with Gasteiger partial charge in [-0.2, -0.15) is 0 Å². The topological polar surface area (TPSA) is 33.7 Å². The number of nitrogens with one attached hydrogen (secondary N) is 1. The van der Waals surface area contributed by atoms with Gasteiger partial charge < -0.3 is 14.8 Å². The van der Waals surface area contributed by atoms with E-state index in [1.165, 1.54) is 31.7 Å². The fourth-order valence-electron chi connectivity index (χ4n) is 3.70. The fraction of sp³-hybridized carbons (Fsp3) is 0.600. The van der Waals surface area contributed by atoms with E-state index >= 15 is 0 Å². The Morgan fingerprint density at radius 3 is 2.85 bits per heavy atom. The summed E-state index contributed by atoms with van der Waals surface area (Å²) >= 11 is 6.22. The molecule has 4 nitrogen and oxygen atoms in total. The minimum Gasteiger partial charge on any atom is -0.467 e. The Morgan fingerprint density at radius 2 is 2.05 bits per heavy atom. The zero-order valence-electron chi connectivity index (χ0n) is 11.4. The van der Waals surface area contributed by atoms with Gasteiger partial charge in [-0.1, -0.05) is 11.6 Å². The standard InChI is InChI=1S/C15H19ClN2O2/c16-14-1-10(15-11(2-14)8-19-9-20-15)5-18-6-12-3-17-4-13(12)7-18/h1-2,12-13,17H,3-9H2/t12-,13+. The number of nitrogens with zero attached hydrogens (tertiary/aromatic N) is 1. The Labute approximate surface area is 124 Å². The van der Waals surface area contributed by atoms with Crippen LogP contribution in [-0.2, 0) is 17.9 Å². The van der Waals surface area contributed by atoms with Gasteiger partial charge in [0.25, 0.3) is 0 Å². The molecule has 4 rings (SSSR count). The van der Waals surface area contributed by atoms with Crippen LogP contribution in [0.3, 0.4) is 0 Å². The highest BCUT2D eigenvalue weighted by molar-refractivity contribution is 6.30. The second-order valence-electron chi connectivity index (χ2n) is 6.04. The lowest BCUT2D eigenvalue weighted by atomic mass is 10.0. The van der Waals surface area contributed by atoms with Gasteiger partial charge in [0.2, 0.25) is 0 Å². The van der Waals surface area contributed by atoms with Gasteiger partial charge in [0, 0.05) is 35.8 Å². The number of halogens is 1. The van der Waals surface area contributed by atoms with E-state index in [2.05, 4.69) is 10.2 Å². The fourth-order valence-corrected chi connectivity index (χ4v) is 3.96. The first-order valence-corrected chi connectivity index (χ1v) is 7.62. The molecule has 0 aromatic heterocycles. The van der Waals surface area contributed by atoms with Gasteiger partial charge in [0.05, 0.1) is 6.61 Å². The molecule has 0 bridgehead atoms. The molecule has 2 atom stereocenters. The van der Waals surface area contributed by atoms with E-state index in [-0.39, 0.29) is 0 Å². The minimum atomic E-state index is 0.344. The molecule has 0 amide bonds. The first kappa shape index (κ1) is 12.9. The third-order valence-electron chi connectivity index (χ3n) is 4.61. The third-order valence-corrected chi connectivity index (χ3v) is 4.83. The summed E-state index contributed by atoms with van der Waals surface area (Å²) in [6.07, 6.45) is 0. The molecule has 1 N–H and O–H groups in total. The van der Waals surface area contributed by atoms with Crippen LogP contribution in [0.15, 0.2) is 12.1 Å². The summed E-state index contributed by atoms with van der Waals surface area (Å²) in [5, 5.41) is 4.25. The number of hydrogen-bond donors (Lipinski definition) is 1. The van der Waals surface area contributed by atoms with Gasteiger partial charge in [-0.15, -0.1) is 0 Å². The molecule has 3 aliphatic rings. The van der Waals surface area contributed by atoms with Crippen molar-refractivity contribution in [2.24, 2.45) is 11.8 Å². The molecule has 5 heteroatoms. The zero-order valence-corrected chi connectivity index (χ0v) is 12.2. The Bertz CT molecular complexity index is 511. The maximum Gasteiger partial charge on any atom is 0.189 e. The van der Waals surface area contributed by atoms with Crippen molar-refractivity contribution in [1.82, 2.24) is 10.2 Å². The largest absolute Gasteiger partial charge is 0.467 e. The van der Waals surface area contributed by atoms with Gasteiger partial charge in [0.15, 0.2) is 6.79 Å². The molecule has 2 fully saturated rings. The van der Waals surface area contributed by atoms with E-state index < -0.39 is 0 Å². The van der Waals surface area contributed by atoms with Crippen LogP contribution in [0.5, 0.6) is 5.75 Å². The molecule has 3 aliphatic heterocycles. The second-order valence-corrected chi connectivity index (χ2v) is 6.47. The van der Waals surface area contributed by atoms with Crippen molar-refractivity contribution >= 4 is 11.6 Å². The lowest BCUT2D eigenvalue weighted by Gasteiger charge is -2.24. The molecule has 0 saturated carbocycles. The van der Waals surface area contributed by atoms with Crippen LogP contribution in [0.25, 0.3) is 0 Å². The van der Waals surface area contributed by atoms with Crippen LogP contribution >= 0.6 is 11.6 Å². The third kappa shape index (κ3) is 2.31. The highest BCUT2D eigenvalue weighted by Gasteiger charge is 2.36. The van der Waals surface area contributed by atoms with Crippen LogP contribution < -0.4 is 10.1 Å². The van der Waals surface area contributed by atoms with Crippen molar-refractivity contribution in [2.75, 3.05) is 33.0 Å². The van der Waals surface area contributed by atoms with Gasteiger partial charge in [-0.3, -0.25) is 4.90 Å². The first-order chi connectivity index (χ1) is 9.79. The van der Waals surface area contributed by atoms with Crippen LogP contribution in [0.2, 0.25) is 5.02 Å². The van der Waals surface area contributed by atoms with Crippen molar-refractivity contribution in [3.8, 4) is 5.75 Å². The highest BCUT2D eigenvalue weighted by Crippen LogP contribution is 2.34. The molecule has 0 spiro atoms. The minimum absolute atomic E-state index is 0.344. The highest BCUT2D eigenvalue weighted by atomic mass is 35.5. The average molecular weight is 295 g/mol. The SMILES string of the molecule is Clc1cc2c(c(CN3C[C@H]4CNC[C@H]4C3)c1)OCOC2. The number of likely N-dealkylation sites (tertiary alicyclic amines) is 1. The summed E-state index contributed by atoms with van der Waals surface area (Å²) in [6, 6.07) is 3.99. The molecule has 2 saturated heterocycles. The molecule has 0 unspecified atom stereocenters. The van der Waals surface area contributed by atoms with E-state index in [0.717, 1.165) is 34.7 Å². The summed E-state index contributed by atoms with van der Waals surface area (Å²) in [4.78, 5) is 2.53. The average Bonchev–Trinajstić information content (AvgIpc) is 2.99. The van der Waals surface area contributed by atoms with Crippen LogP contribution in [0, 0.1) is 11.8 Å². The van der Waals surface area contributed by atoms with Crippen molar-refractivity contribution in [3.05, 3.63) is 28.3 Å². The maximum absolute atomic E-state index is 6.22. The monoisotopic (exact) mass is 294 g/mol. The number of rotatable bonds is 2. The number of ether oxygens (including phenoxy) is 2. The first-order valence-electron chi connectivity index (χ1n) is 7.24. The van der Waals surface area contributed by atoms with E-state index in [9.17, 15) is 0 Å². The Kier molecular flexibility index (Phi) is 3.34. The van der Waals surface area contributed by atoms with Crippen molar-refractivity contribution in [2.45, 2.75) is 13.2 Å². The Balaban J connectivity index is 1.55. The molecule has 0 aliphatic carbocycles. The van der Waals surface area contributed by atoms with Crippen molar-refractivity contribution in [1.29, 1.82) is 0 Å². The van der Waals surface area contributed by atoms with Gasteiger partial charge in [-0.05, 0) is 37.1 Å². The number of hydrogen-bond acceptors (Lipinski definition) is 4. The van der Waals surface area contributed by atoms with Crippen LogP contribution in [0.4, 0.5) is 0 Å². The predicted molar refractivity (Wildman–Crippen MR) is 76.9 cm³/mol. The molecule has 0 radical (unpaired) electrons. The lowest BCUT2D eigenvalue weighted by molar-refractivity contribution is -0.0174. The van der Waals surface area contributed by atoms with Gasteiger partial charge >= 0.3 is 0 Å². The summed E-state index contributed by atoms with van der Waals surface area (Å²) in [5.74, 6) is 2.61. The molecular formula is C15H19ClN2O2. The Hall–Kier alpha value is -0.810. The van der Waals surface area contributed by atoms with Gasteiger partial charge in [0.1, 0.15) is 5.75 Å². The van der Waals surface area contributed by atoms with Crippen molar-refractivity contribution < 1.29 is 9.47 Å². The van der Waals surface area contributed by atoms with Crippen molar-refractivity contribution in [3.63, 3.8) is 0 Å². The zero-order chi connectivity index (χ0) is 13.5. The summed E-state index contributed by atoms with van der Waals surface area (Å²) in [5.41, 5.74) is 2.27. The number of benzene rings is 1. The normalized spacial score (nSPS) is 29.1. The molecule has 20 heavy (non-hydrogen) atoms. The number of fused-ring (bicyclic) bond motifs is 2. The van der Waals surface area contributed by atoms with Gasteiger partial charge in [-0.25, -0.2) is 0 Å². The van der Waals surface area contributed by atoms with E-state index in [4.69, 9.17) is 21.1 Å².